The number of urea groups is 1. The number of carbonyl (C=O) groups excluding carboxylic acids is 1. The van der Waals surface area contributed by atoms with Gasteiger partial charge in [-0.15, -0.1) is 0 Å². The summed E-state index contributed by atoms with van der Waals surface area (Å²) in [5.74, 6) is 0.631. The lowest BCUT2D eigenvalue weighted by Gasteiger charge is -2.13. The average Bonchev–Trinajstić information content (AvgIpc) is 3.12. The molecule has 4 heteroatoms. The molecule has 0 bridgehead atoms. The van der Waals surface area contributed by atoms with E-state index in [1.807, 2.05) is 13.0 Å². The number of hydrogen-bond acceptors (Lipinski definition) is 2. The van der Waals surface area contributed by atoms with Crippen molar-refractivity contribution in [3.05, 3.63) is 29.8 Å². The smallest absolute Gasteiger partial charge is 0.319 e. The van der Waals surface area contributed by atoms with Gasteiger partial charge in [-0.25, -0.2) is 4.79 Å². The van der Waals surface area contributed by atoms with Gasteiger partial charge in [-0.05, 0) is 43.9 Å². The fraction of sp³-hybridized carbons (Fsp3) is 0.385. The van der Waals surface area contributed by atoms with E-state index in [9.17, 15) is 4.79 Å². The van der Waals surface area contributed by atoms with Crippen molar-refractivity contribution in [2.24, 2.45) is 5.92 Å². The predicted molar refractivity (Wildman–Crippen MR) is 65.5 cm³/mol. The molecule has 17 heavy (non-hydrogen) atoms. The number of carbonyl (C=O) groups is 1. The number of nitrogens with zero attached hydrogens (tertiary/aromatic N) is 1. The Morgan fingerprint density at radius 2 is 2.29 bits per heavy atom. The maximum atomic E-state index is 11.6. The second-order valence-corrected chi connectivity index (χ2v) is 4.42. The lowest BCUT2D eigenvalue weighted by Crippen LogP contribution is -2.37. The van der Waals surface area contributed by atoms with E-state index in [2.05, 4.69) is 10.6 Å². The number of amides is 2. The van der Waals surface area contributed by atoms with E-state index in [0.717, 1.165) is 0 Å². The minimum absolute atomic E-state index is 0.209. The molecule has 2 amide bonds. The Labute approximate surface area is 101 Å². The summed E-state index contributed by atoms with van der Waals surface area (Å²) in [7, 11) is 0. The van der Waals surface area contributed by atoms with Gasteiger partial charge >= 0.3 is 6.03 Å². The van der Waals surface area contributed by atoms with Crippen molar-refractivity contribution in [2.75, 3.05) is 5.32 Å². The van der Waals surface area contributed by atoms with E-state index < -0.39 is 0 Å². The van der Waals surface area contributed by atoms with Gasteiger partial charge in [-0.3, -0.25) is 0 Å². The normalized spacial score (nSPS) is 15.8. The van der Waals surface area contributed by atoms with Crippen molar-refractivity contribution < 1.29 is 4.79 Å². The maximum absolute atomic E-state index is 11.6. The van der Waals surface area contributed by atoms with Crippen molar-refractivity contribution in [3.63, 3.8) is 0 Å². The SMILES string of the molecule is CC(NC(=O)Nc1cccc(C#N)c1)C1CC1. The third kappa shape index (κ3) is 3.22. The lowest BCUT2D eigenvalue weighted by atomic mass is 10.2. The van der Waals surface area contributed by atoms with E-state index in [0.29, 0.717) is 17.2 Å². The molecular formula is C13H15N3O. The Balaban J connectivity index is 1.90. The largest absolute Gasteiger partial charge is 0.335 e. The highest BCUT2D eigenvalue weighted by Gasteiger charge is 2.28. The Hall–Kier alpha value is -2.02. The van der Waals surface area contributed by atoms with Gasteiger partial charge in [0, 0.05) is 11.7 Å². The molecule has 4 nitrogen and oxygen atoms in total. The van der Waals surface area contributed by atoms with Crippen LogP contribution in [0.25, 0.3) is 0 Å². The number of rotatable bonds is 3. The first-order valence-corrected chi connectivity index (χ1v) is 5.76. The molecular weight excluding hydrogens is 214 g/mol. The molecule has 1 fully saturated rings. The van der Waals surface area contributed by atoms with Crippen molar-refractivity contribution in [2.45, 2.75) is 25.8 Å². The van der Waals surface area contributed by atoms with Crippen LogP contribution >= 0.6 is 0 Å². The first-order chi connectivity index (χ1) is 8.19. The summed E-state index contributed by atoms with van der Waals surface area (Å²) in [4.78, 5) is 11.6. The zero-order valence-electron chi connectivity index (χ0n) is 9.73. The summed E-state index contributed by atoms with van der Waals surface area (Å²) in [6.07, 6.45) is 2.40. The standard InChI is InChI=1S/C13H15N3O/c1-9(11-5-6-11)15-13(17)16-12-4-2-3-10(7-12)8-14/h2-4,7,9,11H,5-6H2,1H3,(H2,15,16,17). The highest BCUT2D eigenvalue weighted by molar-refractivity contribution is 5.89. The van der Waals surface area contributed by atoms with Gasteiger partial charge < -0.3 is 10.6 Å². The van der Waals surface area contributed by atoms with Gasteiger partial charge in [0.15, 0.2) is 0 Å². The minimum atomic E-state index is -0.209. The van der Waals surface area contributed by atoms with Gasteiger partial charge in [-0.2, -0.15) is 5.26 Å². The zero-order valence-corrected chi connectivity index (χ0v) is 9.73. The van der Waals surface area contributed by atoms with Crippen molar-refractivity contribution >= 4 is 11.7 Å². The summed E-state index contributed by atoms with van der Waals surface area (Å²) >= 11 is 0. The van der Waals surface area contributed by atoms with Crippen LogP contribution in [0.15, 0.2) is 24.3 Å². The molecule has 0 aromatic heterocycles. The number of anilines is 1. The van der Waals surface area contributed by atoms with Crippen LogP contribution in [0.3, 0.4) is 0 Å². The molecule has 1 aliphatic rings. The van der Waals surface area contributed by atoms with Crippen LogP contribution in [-0.2, 0) is 0 Å². The molecule has 1 aromatic rings. The molecule has 1 aliphatic carbocycles. The molecule has 0 aliphatic heterocycles. The van der Waals surface area contributed by atoms with Crippen molar-refractivity contribution in [1.82, 2.24) is 5.32 Å². The number of hydrogen-bond donors (Lipinski definition) is 2. The van der Waals surface area contributed by atoms with E-state index in [1.54, 1.807) is 24.3 Å². The number of benzene rings is 1. The molecule has 0 heterocycles. The molecule has 1 unspecified atom stereocenters. The van der Waals surface area contributed by atoms with Crippen LogP contribution < -0.4 is 10.6 Å². The van der Waals surface area contributed by atoms with E-state index in [-0.39, 0.29) is 12.1 Å². The Morgan fingerprint density at radius 3 is 2.94 bits per heavy atom. The first kappa shape index (κ1) is 11.5. The molecule has 1 saturated carbocycles. The molecule has 0 saturated heterocycles. The number of nitriles is 1. The van der Waals surface area contributed by atoms with Crippen LogP contribution in [0.2, 0.25) is 0 Å². The maximum Gasteiger partial charge on any atom is 0.319 e. The summed E-state index contributed by atoms with van der Waals surface area (Å²) in [6, 6.07) is 8.92. The van der Waals surface area contributed by atoms with Crippen LogP contribution in [0, 0.1) is 17.2 Å². The van der Waals surface area contributed by atoms with E-state index in [1.165, 1.54) is 12.8 Å². The van der Waals surface area contributed by atoms with Crippen molar-refractivity contribution in [1.29, 1.82) is 5.26 Å². The monoisotopic (exact) mass is 229 g/mol. The summed E-state index contributed by atoms with van der Waals surface area (Å²) in [5, 5.41) is 14.4. The van der Waals surface area contributed by atoms with Crippen LogP contribution in [0.5, 0.6) is 0 Å². The number of nitrogens with one attached hydrogen (secondary N) is 2. The molecule has 0 radical (unpaired) electrons. The summed E-state index contributed by atoms with van der Waals surface area (Å²) < 4.78 is 0. The summed E-state index contributed by atoms with van der Waals surface area (Å²) in [5.41, 5.74) is 1.18. The Kier molecular flexibility index (Phi) is 3.29. The van der Waals surface area contributed by atoms with Crippen molar-refractivity contribution in [3.8, 4) is 6.07 Å². The van der Waals surface area contributed by atoms with Gasteiger partial charge in [0.25, 0.3) is 0 Å². The lowest BCUT2D eigenvalue weighted by molar-refractivity contribution is 0.248. The Bertz CT molecular complexity index is 460. The van der Waals surface area contributed by atoms with Crippen LogP contribution in [0.1, 0.15) is 25.3 Å². The third-order valence-corrected chi connectivity index (χ3v) is 2.94. The topological polar surface area (TPSA) is 64.9 Å². The zero-order chi connectivity index (χ0) is 12.3. The quantitative estimate of drug-likeness (QED) is 0.836. The average molecular weight is 229 g/mol. The second-order valence-electron chi connectivity index (χ2n) is 4.42. The Morgan fingerprint density at radius 1 is 1.53 bits per heavy atom. The van der Waals surface area contributed by atoms with E-state index >= 15 is 0 Å². The van der Waals surface area contributed by atoms with Crippen LogP contribution in [0.4, 0.5) is 10.5 Å². The van der Waals surface area contributed by atoms with Gasteiger partial charge in [0.2, 0.25) is 0 Å². The highest BCUT2D eigenvalue weighted by Crippen LogP contribution is 2.32. The van der Waals surface area contributed by atoms with Gasteiger partial charge in [0.05, 0.1) is 11.6 Å². The molecule has 1 atom stereocenters. The van der Waals surface area contributed by atoms with Crippen LogP contribution in [-0.4, -0.2) is 12.1 Å². The van der Waals surface area contributed by atoms with Gasteiger partial charge in [0.1, 0.15) is 0 Å². The molecule has 2 rings (SSSR count). The fourth-order valence-corrected chi connectivity index (χ4v) is 1.75. The second kappa shape index (κ2) is 4.88. The summed E-state index contributed by atoms with van der Waals surface area (Å²) in [6.45, 7) is 2.02. The first-order valence-electron chi connectivity index (χ1n) is 5.76. The third-order valence-electron chi connectivity index (χ3n) is 2.94. The molecule has 2 N–H and O–H groups in total. The van der Waals surface area contributed by atoms with Gasteiger partial charge in [-0.1, -0.05) is 6.07 Å². The predicted octanol–water partition coefficient (Wildman–Crippen LogP) is 2.48. The fourth-order valence-electron chi connectivity index (χ4n) is 1.75. The van der Waals surface area contributed by atoms with E-state index in [4.69, 9.17) is 5.26 Å². The minimum Gasteiger partial charge on any atom is -0.335 e. The highest BCUT2D eigenvalue weighted by atomic mass is 16.2. The molecule has 0 spiro atoms. The molecule has 88 valence electrons. The molecule has 1 aromatic carbocycles.